The molecule has 1 aromatic carbocycles. The average Bonchev–Trinajstić information content (AvgIpc) is 3.09. The number of nitrogens with zero attached hydrogens (tertiary/aromatic N) is 1. The number of methoxy groups -OCH3 is 1. The Hall–Kier alpha value is -3.34. The summed E-state index contributed by atoms with van der Waals surface area (Å²) in [5, 5.41) is 2.53. The molecule has 0 fully saturated rings. The van der Waals surface area contributed by atoms with E-state index in [0.29, 0.717) is 17.7 Å². The van der Waals surface area contributed by atoms with Crippen LogP contribution in [0, 0.1) is 0 Å². The van der Waals surface area contributed by atoms with Crippen LogP contribution in [0.2, 0.25) is 0 Å². The second-order valence-corrected chi connectivity index (χ2v) is 7.27. The van der Waals surface area contributed by atoms with E-state index in [-0.39, 0.29) is 27.4 Å². The van der Waals surface area contributed by atoms with E-state index in [1.165, 1.54) is 0 Å². The molecule has 3 aromatic rings. The predicted molar refractivity (Wildman–Crippen MR) is 101 cm³/mol. The van der Waals surface area contributed by atoms with Crippen LogP contribution in [0.1, 0.15) is 15.2 Å². The highest BCUT2D eigenvalue weighted by molar-refractivity contribution is 7.21. The van der Waals surface area contributed by atoms with E-state index in [4.69, 9.17) is 14.2 Å². The number of fused-ring (bicyclic) bond motifs is 2. The van der Waals surface area contributed by atoms with Gasteiger partial charge >= 0.3 is 12.1 Å². The fourth-order valence-electron chi connectivity index (χ4n) is 2.84. The summed E-state index contributed by atoms with van der Waals surface area (Å²) >= 11 is 0.740. The summed E-state index contributed by atoms with van der Waals surface area (Å²) in [4.78, 5) is 28.6. The van der Waals surface area contributed by atoms with Gasteiger partial charge in [-0.1, -0.05) is 12.1 Å². The fourth-order valence-corrected chi connectivity index (χ4v) is 3.91. The van der Waals surface area contributed by atoms with E-state index in [0.717, 1.165) is 24.5 Å². The minimum absolute atomic E-state index is 0.0389. The zero-order valence-corrected chi connectivity index (χ0v) is 16.1. The lowest BCUT2D eigenvalue weighted by molar-refractivity contribution is -0.137. The van der Waals surface area contributed by atoms with Gasteiger partial charge in [-0.15, -0.1) is 11.3 Å². The van der Waals surface area contributed by atoms with Crippen molar-refractivity contribution in [1.29, 1.82) is 0 Å². The van der Waals surface area contributed by atoms with Crippen molar-refractivity contribution in [2.75, 3.05) is 19.0 Å². The number of alkyl halides is 3. The monoisotopic (exact) mass is 438 g/mol. The van der Waals surface area contributed by atoms with Crippen molar-refractivity contribution >= 4 is 39.1 Å². The lowest BCUT2D eigenvalue weighted by atomic mass is 10.2. The predicted octanol–water partition coefficient (Wildman–Crippen LogP) is 3.88. The normalized spacial score (nSPS) is 15.7. The molecule has 1 N–H and O–H groups in total. The maximum Gasteiger partial charge on any atom is 0.417 e. The number of ether oxygens (including phenoxy) is 3. The first-order valence-corrected chi connectivity index (χ1v) is 9.37. The van der Waals surface area contributed by atoms with Crippen molar-refractivity contribution in [1.82, 2.24) is 4.98 Å². The van der Waals surface area contributed by atoms with E-state index in [2.05, 4.69) is 10.3 Å². The highest BCUT2D eigenvalue weighted by Crippen LogP contribution is 2.39. The molecule has 1 amide bonds. The van der Waals surface area contributed by atoms with Gasteiger partial charge in [0.1, 0.15) is 17.0 Å². The van der Waals surface area contributed by atoms with Gasteiger partial charge in [0.15, 0.2) is 11.5 Å². The number of carbonyl (C=O) groups is 2. The number of para-hydroxylation sites is 2. The van der Waals surface area contributed by atoms with Gasteiger partial charge in [0.05, 0.1) is 23.1 Å². The third-order valence-electron chi connectivity index (χ3n) is 4.28. The van der Waals surface area contributed by atoms with E-state index < -0.39 is 29.7 Å². The Morgan fingerprint density at radius 3 is 2.70 bits per heavy atom. The highest BCUT2D eigenvalue weighted by atomic mass is 32.1. The van der Waals surface area contributed by atoms with Crippen LogP contribution >= 0.6 is 11.3 Å². The maximum absolute atomic E-state index is 13.0. The van der Waals surface area contributed by atoms with Gasteiger partial charge in [-0.05, 0) is 18.2 Å². The first kappa shape index (κ1) is 20.0. The number of carbonyl (C=O) groups excluding carboxylic acids is 2. The second-order valence-electron chi connectivity index (χ2n) is 6.22. The second kappa shape index (κ2) is 7.48. The van der Waals surface area contributed by atoms with Crippen molar-refractivity contribution in [2.24, 2.45) is 0 Å². The fraction of sp³-hybridized carbons (Fsp3) is 0.211. The molecule has 1 aliphatic rings. The number of aromatic nitrogens is 1. The van der Waals surface area contributed by atoms with Crippen LogP contribution < -0.4 is 14.8 Å². The van der Waals surface area contributed by atoms with Crippen molar-refractivity contribution in [2.45, 2.75) is 12.3 Å². The maximum atomic E-state index is 13.0. The smallest absolute Gasteiger partial charge is 0.417 e. The van der Waals surface area contributed by atoms with E-state index >= 15 is 0 Å². The summed E-state index contributed by atoms with van der Waals surface area (Å²) in [5.41, 5.74) is -0.965. The van der Waals surface area contributed by atoms with Crippen molar-refractivity contribution in [3.63, 3.8) is 0 Å². The molecule has 0 saturated carbocycles. The average molecular weight is 438 g/mol. The Balaban J connectivity index is 1.67. The number of hydrogen-bond donors (Lipinski definition) is 1. The van der Waals surface area contributed by atoms with Crippen LogP contribution in [0.4, 0.5) is 18.9 Å². The number of hydrogen-bond acceptors (Lipinski definition) is 7. The molecule has 156 valence electrons. The molecule has 1 unspecified atom stereocenters. The first-order chi connectivity index (χ1) is 14.3. The third-order valence-corrected chi connectivity index (χ3v) is 5.38. The molecule has 3 heterocycles. The molecule has 0 saturated heterocycles. The molecule has 0 bridgehead atoms. The molecular formula is C19H13F3N2O5S. The summed E-state index contributed by atoms with van der Waals surface area (Å²) in [7, 11) is 1.13. The Morgan fingerprint density at radius 2 is 2.00 bits per heavy atom. The summed E-state index contributed by atoms with van der Waals surface area (Å²) in [6.07, 6.45) is -4.99. The molecule has 0 aliphatic carbocycles. The van der Waals surface area contributed by atoms with Gasteiger partial charge in [-0.3, -0.25) is 9.78 Å². The quantitative estimate of drug-likeness (QED) is 0.625. The lowest BCUT2D eigenvalue weighted by Crippen LogP contribution is -2.40. The van der Waals surface area contributed by atoms with Gasteiger partial charge in [-0.2, -0.15) is 13.2 Å². The molecule has 7 nitrogen and oxygen atoms in total. The van der Waals surface area contributed by atoms with E-state index in [1.807, 2.05) is 0 Å². The lowest BCUT2D eigenvalue weighted by Gasteiger charge is -2.25. The Morgan fingerprint density at radius 1 is 1.27 bits per heavy atom. The Labute approximate surface area is 171 Å². The number of thiophene rings is 1. The number of rotatable bonds is 3. The molecule has 4 rings (SSSR count). The standard InChI is InChI=1S/C19H13F3N2O5S/c1-27-18(26)16-15(14-13(30-16)6-9(7-23-14)19(20,21)22)24-17(25)12-8-28-10-4-2-3-5-11(10)29-12/h2-7,12H,8H2,1H3,(H,24,25). The van der Waals surface area contributed by atoms with Crippen LogP contribution in [0.3, 0.4) is 0 Å². The summed E-state index contributed by atoms with van der Waals surface area (Å²) in [6, 6.07) is 7.66. The van der Waals surface area contributed by atoms with Gasteiger partial charge < -0.3 is 19.5 Å². The molecule has 2 aromatic heterocycles. The van der Waals surface area contributed by atoms with Crippen LogP contribution in [0.5, 0.6) is 11.5 Å². The van der Waals surface area contributed by atoms with Gasteiger partial charge in [0.25, 0.3) is 5.91 Å². The highest BCUT2D eigenvalue weighted by Gasteiger charge is 2.33. The first-order valence-electron chi connectivity index (χ1n) is 8.55. The summed E-state index contributed by atoms with van der Waals surface area (Å²) in [5.74, 6) is -0.594. The number of benzene rings is 1. The van der Waals surface area contributed by atoms with Crippen molar-refractivity contribution < 1.29 is 37.0 Å². The SMILES string of the molecule is COC(=O)c1sc2cc(C(F)(F)F)cnc2c1NC(=O)C1COc2ccccc2O1. The van der Waals surface area contributed by atoms with Crippen LogP contribution in [-0.4, -0.2) is 36.7 Å². The molecule has 11 heteroatoms. The van der Waals surface area contributed by atoms with Crippen LogP contribution in [0.25, 0.3) is 10.2 Å². The van der Waals surface area contributed by atoms with Crippen LogP contribution in [0.15, 0.2) is 36.5 Å². The zero-order chi connectivity index (χ0) is 21.5. The van der Waals surface area contributed by atoms with Gasteiger partial charge in [-0.25, -0.2) is 4.79 Å². The number of anilines is 1. The van der Waals surface area contributed by atoms with E-state index in [1.54, 1.807) is 24.3 Å². The number of halogens is 3. The van der Waals surface area contributed by atoms with Gasteiger partial charge in [0, 0.05) is 6.20 Å². The van der Waals surface area contributed by atoms with Crippen molar-refractivity contribution in [3.05, 3.63) is 47.0 Å². The molecule has 0 radical (unpaired) electrons. The zero-order valence-electron chi connectivity index (χ0n) is 15.3. The number of esters is 1. The minimum Gasteiger partial charge on any atom is -0.485 e. The van der Waals surface area contributed by atoms with Crippen LogP contribution in [-0.2, 0) is 15.7 Å². The largest absolute Gasteiger partial charge is 0.485 e. The number of pyridine rings is 1. The molecule has 0 spiro atoms. The number of nitrogens with one attached hydrogen (secondary N) is 1. The molecular weight excluding hydrogens is 425 g/mol. The summed E-state index contributed by atoms with van der Waals surface area (Å²) < 4.78 is 54.9. The van der Waals surface area contributed by atoms with Gasteiger partial charge in [0.2, 0.25) is 6.10 Å². The Kier molecular flexibility index (Phi) is 4.98. The molecule has 1 atom stereocenters. The molecule has 1 aliphatic heterocycles. The Bertz CT molecular complexity index is 1140. The number of amides is 1. The third kappa shape index (κ3) is 3.63. The molecule has 30 heavy (non-hydrogen) atoms. The van der Waals surface area contributed by atoms with E-state index in [9.17, 15) is 22.8 Å². The van der Waals surface area contributed by atoms with Crippen molar-refractivity contribution in [3.8, 4) is 11.5 Å². The topological polar surface area (TPSA) is 86.8 Å². The summed E-state index contributed by atoms with van der Waals surface area (Å²) in [6.45, 7) is -0.0792. The minimum atomic E-state index is -4.60.